The zero-order valence-corrected chi connectivity index (χ0v) is 15.2. The first-order valence-corrected chi connectivity index (χ1v) is 8.78. The third-order valence-electron chi connectivity index (χ3n) is 5.10. The van der Waals surface area contributed by atoms with Crippen LogP contribution in [0, 0.1) is 20.8 Å². The lowest BCUT2D eigenvalue weighted by Gasteiger charge is -2.16. The first-order chi connectivity index (χ1) is 12.4. The van der Waals surface area contributed by atoms with Crippen molar-refractivity contribution in [2.24, 2.45) is 5.73 Å². The standard InChI is InChI=1S/C20H22N4O2/c1-11-4-7-19(26-11)15-9-24(10-16(15)21)20(25)14-5-6-17-18(8-14)23-13(3)12(2)22-17/h4-8,15-16H,9-10,21H2,1-3H3/t15-,16-/m0/s1. The zero-order chi connectivity index (χ0) is 18.4. The van der Waals surface area contributed by atoms with Gasteiger partial charge in [0.1, 0.15) is 11.5 Å². The second-order valence-corrected chi connectivity index (χ2v) is 7.03. The molecule has 3 heterocycles. The predicted molar refractivity (Wildman–Crippen MR) is 99.1 cm³/mol. The molecular weight excluding hydrogens is 328 g/mol. The molecule has 0 spiro atoms. The van der Waals surface area contributed by atoms with Crippen LogP contribution in [0.3, 0.4) is 0 Å². The maximum Gasteiger partial charge on any atom is 0.254 e. The molecule has 0 aliphatic carbocycles. The number of aryl methyl sites for hydroxylation is 3. The van der Waals surface area contributed by atoms with E-state index in [1.807, 2.05) is 51.1 Å². The Morgan fingerprint density at radius 3 is 2.50 bits per heavy atom. The van der Waals surface area contributed by atoms with E-state index in [0.717, 1.165) is 33.9 Å². The van der Waals surface area contributed by atoms with Gasteiger partial charge in [-0.3, -0.25) is 4.79 Å². The average Bonchev–Trinajstić information content (AvgIpc) is 3.20. The Hall–Kier alpha value is -2.73. The van der Waals surface area contributed by atoms with Crippen molar-refractivity contribution in [2.75, 3.05) is 13.1 Å². The van der Waals surface area contributed by atoms with Crippen LogP contribution in [0.5, 0.6) is 0 Å². The van der Waals surface area contributed by atoms with E-state index >= 15 is 0 Å². The Balaban J connectivity index is 1.59. The minimum absolute atomic E-state index is 0.0257. The lowest BCUT2D eigenvalue weighted by molar-refractivity contribution is 0.0788. The molecule has 1 aliphatic heterocycles. The topological polar surface area (TPSA) is 85.2 Å². The van der Waals surface area contributed by atoms with Gasteiger partial charge in [0.25, 0.3) is 5.91 Å². The van der Waals surface area contributed by atoms with Crippen LogP contribution in [0.2, 0.25) is 0 Å². The van der Waals surface area contributed by atoms with E-state index < -0.39 is 0 Å². The number of likely N-dealkylation sites (tertiary alicyclic amines) is 1. The number of hydrogen-bond donors (Lipinski definition) is 1. The van der Waals surface area contributed by atoms with Gasteiger partial charge in [-0.15, -0.1) is 0 Å². The molecule has 1 aliphatic rings. The molecule has 134 valence electrons. The number of rotatable bonds is 2. The molecule has 0 saturated carbocycles. The van der Waals surface area contributed by atoms with Crippen LogP contribution in [-0.2, 0) is 0 Å². The molecule has 3 aromatic rings. The van der Waals surface area contributed by atoms with E-state index in [2.05, 4.69) is 9.97 Å². The summed E-state index contributed by atoms with van der Waals surface area (Å²) in [5, 5.41) is 0. The minimum atomic E-state index is -0.130. The summed E-state index contributed by atoms with van der Waals surface area (Å²) in [7, 11) is 0. The number of benzene rings is 1. The van der Waals surface area contributed by atoms with Crippen molar-refractivity contribution in [1.29, 1.82) is 0 Å². The van der Waals surface area contributed by atoms with E-state index in [0.29, 0.717) is 18.7 Å². The van der Waals surface area contributed by atoms with E-state index in [4.69, 9.17) is 10.2 Å². The number of fused-ring (bicyclic) bond motifs is 1. The van der Waals surface area contributed by atoms with Crippen LogP contribution in [0.1, 0.15) is 39.2 Å². The maximum absolute atomic E-state index is 13.0. The third kappa shape index (κ3) is 2.86. The van der Waals surface area contributed by atoms with Crippen LogP contribution in [0.25, 0.3) is 11.0 Å². The molecule has 1 saturated heterocycles. The van der Waals surface area contributed by atoms with Crippen molar-refractivity contribution < 1.29 is 9.21 Å². The van der Waals surface area contributed by atoms with Crippen molar-refractivity contribution in [2.45, 2.75) is 32.7 Å². The van der Waals surface area contributed by atoms with Crippen LogP contribution >= 0.6 is 0 Å². The molecule has 1 amide bonds. The van der Waals surface area contributed by atoms with Crippen LogP contribution in [0.15, 0.2) is 34.7 Å². The highest BCUT2D eigenvalue weighted by Gasteiger charge is 2.36. The molecule has 2 atom stereocenters. The maximum atomic E-state index is 13.0. The second kappa shape index (κ2) is 6.21. The first kappa shape index (κ1) is 16.7. The summed E-state index contributed by atoms with van der Waals surface area (Å²) >= 11 is 0. The number of nitrogens with zero attached hydrogens (tertiary/aromatic N) is 3. The highest BCUT2D eigenvalue weighted by Crippen LogP contribution is 2.29. The fraction of sp³-hybridized carbons (Fsp3) is 0.350. The van der Waals surface area contributed by atoms with Crippen molar-refractivity contribution in [3.8, 4) is 0 Å². The number of amides is 1. The van der Waals surface area contributed by atoms with E-state index in [-0.39, 0.29) is 17.9 Å². The molecule has 4 rings (SSSR count). The minimum Gasteiger partial charge on any atom is -0.466 e. The van der Waals surface area contributed by atoms with E-state index in [9.17, 15) is 4.79 Å². The molecule has 1 fully saturated rings. The number of carbonyl (C=O) groups excluding carboxylic acids is 1. The van der Waals surface area contributed by atoms with Crippen molar-refractivity contribution >= 4 is 16.9 Å². The average molecular weight is 350 g/mol. The van der Waals surface area contributed by atoms with Gasteiger partial charge in [0.05, 0.1) is 28.3 Å². The fourth-order valence-corrected chi connectivity index (χ4v) is 3.49. The van der Waals surface area contributed by atoms with Gasteiger partial charge in [-0.2, -0.15) is 0 Å². The van der Waals surface area contributed by atoms with Gasteiger partial charge in [-0.1, -0.05) is 0 Å². The van der Waals surface area contributed by atoms with Crippen molar-refractivity contribution in [3.05, 3.63) is 58.8 Å². The number of hydrogen-bond acceptors (Lipinski definition) is 5. The Bertz CT molecular complexity index is 995. The number of nitrogens with two attached hydrogens (primary N) is 1. The Labute approximate surface area is 152 Å². The van der Waals surface area contributed by atoms with Crippen LogP contribution in [-0.4, -0.2) is 39.9 Å². The summed E-state index contributed by atoms with van der Waals surface area (Å²) in [6, 6.07) is 9.22. The highest BCUT2D eigenvalue weighted by molar-refractivity contribution is 5.97. The molecule has 26 heavy (non-hydrogen) atoms. The smallest absolute Gasteiger partial charge is 0.254 e. The number of aromatic nitrogens is 2. The number of carbonyl (C=O) groups is 1. The van der Waals surface area contributed by atoms with Gasteiger partial charge >= 0.3 is 0 Å². The molecule has 0 radical (unpaired) electrons. The summed E-state index contributed by atoms with van der Waals surface area (Å²) in [5.74, 6) is 1.70. The SMILES string of the molecule is Cc1ccc([C@H]2CN(C(=O)c3ccc4nc(C)c(C)nc4c3)C[C@@H]2N)o1. The van der Waals surface area contributed by atoms with Crippen LogP contribution in [0.4, 0.5) is 0 Å². The molecule has 2 aromatic heterocycles. The van der Waals surface area contributed by atoms with Crippen molar-refractivity contribution in [1.82, 2.24) is 14.9 Å². The van der Waals surface area contributed by atoms with Gasteiger partial charge in [0.15, 0.2) is 0 Å². The summed E-state index contributed by atoms with van der Waals surface area (Å²) in [4.78, 5) is 23.8. The normalized spacial score (nSPS) is 20.1. The van der Waals surface area contributed by atoms with E-state index in [1.54, 1.807) is 4.90 Å². The Morgan fingerprint density at radius 1 is 1.08 bits per heavy atom. The molecule has 0 bridgehead atoms. The van der Waals surface area contributed by atoms with Gasteiger partial charge < -0.3 is 15.1 Å². The Morgan fingerprint density at radius 2 is 1.81 bits per heavy atom. The van der Waals surface area contributed by atoms with Crippen LogP contribution < -0.4 is 5.73 Å². The summed E-state index contributed by atoms with van der Waals surface area (Å²) in [6.45, 7) is 6.84. The van der Waals surface area contributed by atoms with Crippen molar-refractivity contribution in [3.63, 3.8) is 0 Å². The summed E-state index contributed by atoms with van der Waals surface area (Å²) < 4.78 is 5.72. The monoisotopic (exact) mass is 350 g/mol. The first-order valence-electron chi connectivity index (χ1n) is 8.78. The van der Waals surface area contributed by atoms with Gasteiger partial charge in [0, 0.05) is 24.7 Å². The quantitative estimate of drug-likeness (QED) is 0.768. The fourth-order valence-electron chi connectivity index (χ4n) is 3.49. The van der Waals surface area contributed by atoms with Gasteiger partial charge in [-0.25, -0.2) is 9.97 Å². The molecule has 1 aromatic carbocycles. The largest absolute Gasteiger partial charge is 0.466 e. The van der Waals surface area contributed by atoms with Gasteiger partial charge in [-0.05, 0) is 51.1 Å². The molecule has 2 N–H and O–H groups in total. The third-order valence-corrected chi connectivity index (χ3v) is 5.10. The summed E-state index contributed by atoms with van der Waals surface area (Å²) in [6.07, 6.45) is 0. The van der Waals surface area contributed by atoms with E-state index in [1.165, 1.54) is 0 Å². The second-order valence-electron chi connectivity index (χ2n) is 7.03. The van der Waals surface area contributed by atoms with Gasteiger partial charge in [0.2, 0.25) is 0 Å². The zero-order valence-electron chi connectivity index (χ0n) is 15.2. The lowest BCUT2D eigenvalue weighted by Crippen LogP contribution is -2.32. The molecule has 0 unspecified atom stereocenters. The highest BCUT2D eigenvalue weighted by atomic mass is 16.3. The number of furan rings is 1. The Kier molecular flexibility index (Phi) is 4.00. The molecule has 6 nitrogen and oxygen atoms in total. The lowest BCUT2D eigenvalue weighted by atomic mass is 10.0. The molecular formula is C20H22N4O2. The molecule has 6 heteroatoms. The predicted octanol–water partition coefficient (Wildman–Crippen LogP) is 2.71. The summed E-state index contributed by atoms with van der Waals surface area (Å²) in [5.41, 5.74) is 10.2.